The Balaban J connectivity index is 2.59. The minimum atomic E-state index is 0.705. The molecule has 0 saturated heterocycles. The summed E-state index contributed by atoms with van der Waals surface area (Å²) < 4.78 is 3.16. The van der Waals surface area contributed by atoms with E-state index in [9.17, 15) is 0 Å². The normalized spacial score (nSPS) is 12.7. The number of halogens is 1. The van der Waals surface area contributed by atoms with Gasteiger partial charge in [0.2, 0.25) is 0 Å². The lowest BCUT2D eigenvalue weighted by Gasteiger charge is -2.13. The molecule has 0 atom stereocenters. The van der Waals surface area contributed by atoms with Gasteiger partial charge in [-0.25, -0.2) is 0 Å². The van der Waals surface area contributed by atoms with Gasteiger partial charge in [-0.05, 0) is 68.0 Å². The fraction of sp³-hybridized carbons (Fsp3) is 0.688. The lowest BCUT2D eigenvalue weighted by Crippen LogP contribution is -2.20. The van der Waals surface area contributed by atoms with Gasteiger partial charge in [0.1, 0.15) is 0 Å². The zero-order chi connectivity index (χ0) is 15.8. The average molecular weight is 357 g/mol. The number of allylic oxidation sites excluding steroid dienone is 1. The van der Waals surface area contributed by atoms with Crippen LogP contribution in [0.15, 0.2) is 16.7 Å². The molecule has 0 bridgehead atoms. The fourth-order valence-corrected chi connectivity index (χ4v) is 2.71. The molecule has 1 aromatic heterocycles. The van der Waals surface area contributed by atoms with Crippen molar-refractivity contribution in [3.8, 4) is 0 Å². The van der Waals surface area contributed by atoms with E-state index in [0.29, 0.717) is 5.92 Å². The molecule has 0 aliphatic carbocycles. The summed E-state index contributed by atoms with van der Waals surface area (Å²) in [5, 5.41) is 7.93. The third-order valence-corrected chi connectivity index (χ3v) is 3.83. The maximum atomic E-state index is 4.46. The summed E-state index contributed by atoms with van der Waals surface area (Å²) in [6.07, 6.45) is 5.23. The summed E-state index contributed by atoms with van der Waals surface area (Å²) in [7, 11) is 4.17. The molecule has 0 amide bonds. The molecular weight excluding hydrogens is 328 g/mol. The highest BCUT2D eigenvalue weighted by Crippen LogP contribution is 2.24. The van der Waals surface area contributed by atoms with E-state index < -0.39 is 0 Å². The van der Waals surface area contributed by atoms with Gasteiger partial charge in [-0.3, -0.25) is 4.68 Å². The van der Waals surface area contributed by atoms with Crippen LogP contribution in [0.25, 0.3) is 5.57 Å². The Morgan fingerprint density at radius 2 is 2.19 bits per heavy atom. The molecule has 0 aromatic carbocycles. The van der Waals surface area contributed by atoms with E-state index in [2.05, 4.69) is 76.9 Å². The molecule has 120 valence electrons. The zero-order valence-corrected chi connectivity index (χ0v) is 15.6. The maximum absolute atomic E-state index is 4.46. The molecule has 0 saturated carbocycles. The van der Waals surface area contributed by atoms with Crippen molar-refractivity contribution in [1.82, 2.24) is 20.0 Å². The van der Waals surface area contributed by atoms with Gasteiger partial charge in [0.25, 0.3) is 0 Å². The fourth-order valence-electron chi connectivity index (χ4n) is 2.10. The van der Waals surface area contributed by atoms with Crippen LogP contribution in [0.5, 0.6) is 0 Å². The second kappa shape index (κ2) is 9.38. The average Bonchev–Trinajstić information content (AvgIpc) is 2.76. The van der Waals surface area contributed by atoms with Crippen LogP contribution in [-0.2, 0) is 6.54 Å². The molecule has 21 heavy (non-hydrogen) atoms. The van der Waals surface area contributed by atoms with Crippen molar-refractivity contribution in [2.45, 2.75) is 33.7 Å². The van der Waals surface area contributed by atoms with Gasteiger partial charge in [-0.15, -0.1) is 0 Å². The molecule has 0 spiro atoms. The van der Waals surface area contributed by atoms with Gasteiger partial charge in [-0.1, -0.05) is 19.9 Å². The lowest BCUT2D eigenvalue weighted by molar-refractivity contribution is 0.372. The molecule has 0 radical (unpaired) electrons. The number of aromatic nitrogens is 2. The van der Waals surface area contributed by atoms with Gasteiger partial charge < -0.3 is 10.2 Å². The molecular formula is C16H29BrN4. The zero-order valence-electron chi connectivity index (χ0n) is 14.0. The van der Waals surface area contributed by atoms with Crippen molar-refractivity contribution < 1.29 is 0 Å². The summed E-state index contributed by atoms with van der Waals surface area (Å²) in [4.78, 5) is 2.17. The molecule has 0 unspecified atom stereocenters. The first kappa shape index (κ1) is 18.4. The molecule has 1 heterocycles. The van der Waals surface area contributed by atoms with Crippen LogP contribution in [0.2, 0.25) is 0 Å². The third-order valence-electron chi connectivity index (χ3n) is 3.25. The van der Waals surface area contributed by atoms with Gasteiger partial charge in [-0.2, -0.15) is 5.10 Å². The highest BCUT2D eigenvalue weighted by atomic mass is 79.9. The lowest BCUT2D eigenvalue weighted by atomic mass is 10.1. The summed E-state index contributed by atoms with van der Waals surface area (Å²) in [6, 6.07) is 0. The molecule has 1 aromatic rings. The van der Waals surface area contributed by atoms with E-state index >= 15 is 0 Å². The number of rotatable bonds is 9. The molecule has 0 aliphatic rings. The Hall–Kier alpha value is -0.650. The summed E-state index contributed by atoms with van der Waals surface area (Å²) >= 11 is 3.61. The minimum Gasteiger partial charge on any atom is -0.316 e. The molecule has 0 aliphatic heterocycles. The van der Waals surface area contributed by atoms with E-state index in [0.717, 1.165) is 37.1 Å². The van der Waals surface area contributed by atoms with Crippen molar-refractivity contribution in [2.75, 3.05) is 33.7 Å². The molecule has 0 fully saturated rings. The number of nitrogens with zero attached hydrogens (tertiary/aromatic N) is 3. The largest absolute Gasteiger partial charge is 0.316 e. The first-order chi connectivity index (χ1) is 9.91. The number of hydrogen-bond donors (Lipinski definition) is 1. The number of likely N-dealkylation sites (N-methyl/N-ethyl adjacent to an activating group) is 1. The second-order valence-electron chi connectivity index (χ2n) is 6.14. The van der Waals surface area contributed by atoms with Crippen LogP contribution < -0.4 is 5.32 Å². The maximum Gasteiger partial charge on any atom is 0.0778 e. The van der Waals surface area contributed by atoms with Crippen LogP contribution in [0.1, 0.15) is 32.9 Å². The number of nitrogens with one attached hydrogen (secondary N) is 1. The Labute approximate surface area is 137 Å². The van der Waals surface area contributed by atoms with Crippen LogP contribution >= 0.6 is 15.9 Å². The summed E-state index contributed by atoms with van der Waals surface area (Å²) in [5.41, 5.74) is 2.48. The van der Waals surface area contributed by atoms with Gasteiger partial charge in [0.05, 0.1) is 22.9 Å². The molecule has 1 rings (SSSR count). The van der Waals surface area contributed by atoms with Crippen molar-refractivity contribution >= 4 is 21.5 Å². The van der Waals surface area contributed by atoms with E-state index in [-0.39, 0.29) is 0 Å². The standard InChI is InChI=1S/C16H29BrN4/c1-13(2)11-18-8-6-7-14(3)16-15(17)12-19-21(16)10-9-20(4)5/h7,12-13,18H,6,8-11H2,1-5H3/b14-7-. The van der Waals surface area contributed by atoms with Crippen LogP contribution in [0, 0.1) is 5.92 Å². The molecule has 5 heteroatoms. The monoisotopic (exact) mass is 356 g/mol. The quantitative estimate of drug-likeness (QED) is 0.689. The Bertz CT molecular complexity index is 449. The van der Waals surface area contributed by atoms with Crippen LogP contribution in [0.4, 0.5) is 0 Å². The van der Waals surface area contributed by atoms with Crippen molar-refractivity contribution in [3.63, 3.8) is 0 Å². The topological polar surface area (TPSA) is 33.1 Å². The predicted octanol–water partition coefficient (Wildman–Crippen LogP) is 3.25. The SMILES string of the molecule is C/C(=C/CCNCC(C)C)c1c(Br)cnn1CCN(C)C. The van der Waals surface area contributed by atoms with E-state index in [1.165, 1.54) is 11.3 Å². The Morgan fingerprint density at radius 1 is 1.48 bits per heavy atom. The van der Waals surface area contributed by atoms with Gasteiger partial charge in [0.15, 0.2) is 0 Å². The highest BCUT2D eigenvalue weighted by Gasteiger charge is 2.10. The summed E-state index contributed by atoms with van der Waals surface area (Å²) in [6.45, 7) is 10.6. The van der Waals surface area contributed by atoms with Gasteiger partial charge in [0, 0.05) is 6.54 Å². The van der Waals surface area contributed by atoms with Crippen LogP contribution in [-0.4, -0.2) is 48.4 Å². The first-order valence-corrected chi connectivity index (χ1v) is 8.45. The van der Waals surface area contributed by atoms with E-state index in [4.69, 9.17) is 0 Å². The van der Waals surface area contributed by atoms with Crippen molar-refractivity contribution in [2.24, 2.45) is 5.92 Å². The predicted molar refractivity (Wildman–Crippen MR) is 94.5 cm³/mol. The Kier molecular flexibility index (Phi) is 8.22. The van der Waals surface area contributed by atoms with Crippen molar-refractivity contribution in [3.05, 3.63) is 22.4 Å². The smallest absolute Gasteiger partial charge is 0.0778 e. The van der Waals surface area contributed by atoms with Crippen LogP contribution in [0.3, 0.4) is 0 Å². The second-order valence-corrected chi connectivity index (χ2v) is 7.00. The minimum absolute atomic E-state index is 0.705. The van der Waals surface area contributed by atoms with E-state index in [1.54, 1.807) is 0 Å². The highest BCUT2D eigenvalue weighted by molar-refractivity contribution is 9.10. The van der Waals surface area contributed by atoms with E-state index in [1.807, 2.05) is 6.20 Å². The number of hydrogen-bond acceptors (Lipinski definition) is 3. The Morgan fingerprint density at radius 3 is 2.81 bits per heavy atom. The van der Waals surface area contributed by atoms with Gasteiger partial charge >= 0.3 is 0 Å². The molecule has 1 N–H and O–H groups in total. The first-order valence-electron chi connectivity index (χ1n) is 7.65. The molecule has 4 nitrogen and oxygen atoms in total. The van der Waals surface area contributed by atoms with Crippen molar-refractivity contribution in [1.29, 1.82) is 0 Å². The third kappa shape index (κ3) is 6.76. The summed E-state index contributed by atoms with van der Waals surface area (Å²) in [5.74, 6) is 0.705.